The lowest BCUT2D eigenvalue weighted by Gasteiger charge is -2.04. The summed E-state index contributed by atoms with van der Waals surface area (Å²) in [7, 11) is 0. The third-order valence-corrected chi connectivity index (χ3v) is 2.21. The summed E-state index contributed by atoms with van der Waals surface area (Å²) in [6.07, 6.45) is 4.01. The third-order valence-electron chi connectivity index (χ3n) is 1.99. The summed E-state index contributed by atoms with van der Waals surface area (Å²) in [5.74, 6) is 0. The fourth-order valence-electron chi connectivity index (χ4n) is 1.23. The average molecular weight is 213 g/mol. The van der Waals surface area contributed by atoms with Gasteiger partial charge in [-0.3, -0.25) is 4.98 Å². The zero-order chi connectivity index (χ0) is 10.2. The molecule has 1 rings (SSSR count). The highest BCUT2D eigenvalue weighted by atomic mass is 35.5. The van der Waals surface area contributed by atoms with Crippen molar-refractivity contribution in [1.82, 2.24) is 10.3 Å². The van der Waals surface area contributed by atoms with Crippen LogP contribution in [0.3, 0.4) is 0 Å². The fourth-order valence-corrected chi connectivity index (χ4v) is 1.38. The van der Waals surface area contributed by atoms with E-state index in [-0.39, 0.29) is 5.38 Å². The summed E-state index contributed by atoms with van der Waals surface area (Å²) in [6, 6.07) is 5.96. The van der Waals surface area contributed by atoms with Crippen molar-refractivity contribution in [3.63, 3.8) is 0 Å². The van der Waals surface area contributed by atoms with E-state index in [1.165, 1.54) is 0 Å². The van der Waals surface area contributed by atoms with E-state index >= 15 is 0 Å². The highest BCUT2D eigenvalue weighted by Crippen LogP contribution is 2.02. The van der Waals surface area contributed by atoms with Crippen LogP contribution in [0.25, 0.3) is 0 Å². The summed E-state index contributed by atoms with van der Waals surface area (Å²) in [6.45, 7) is 3.88. The first-order valence-electron chi connectivity index (χ1n) is 5.03. The van der Waals surface area contributed by atoms with Crippen LogP contribution < -0.4 is 5.32 Å². The van der Waals surface area contributed by atoms with Gasteiger partial charge in [0, 0.05) is 18.1 Å². The number of hydrogen-bond acceptors (Lipinski definition) is 2. The minimum atomic E-state index is 0.284. The first-order valence-corrected chi connectivity index (χ1v) is 5.47. The van der Waals surface area contributed by atoms with E-state index in [2.05, 4.69) is 10.3 Å². The van der Waals surface area contributed by atoms with Crippen LogP contribution in [0.2, 0.25) is 0 Å². The molecule has 0 bridgehead atoms. The van der Waals surface area contributed by atoms with Gasteiger partial charge in [-0.05, 0) is 38.4 Å². The Morgan fingerprint density at radius 1 is 1.50 bits per heavy atom. The second-order valence-electron chi connectivity index (χ2n) is 3.42. The minimum Gasteiger partial charge on any atom is -0.311 e. The predicted octanol–water partition coefficient (Wildman–Crippen LogP) is 2.58. The molecule has 1 unspecified atom stereocenters. The maximum Gasteiger partial charge on any atom is 0.0541 e. The number of halogens is 1. The highest BCUT2D eigenvalue weighted by Gasteiger charge is 1.96. The standard InChI is InChI=1S/C11H17ClN2/c1-10(12)5-4-7-13-9-11-6-2-3-8-14-11/h2-3,6,8,10,13H,4-5,7,9H2,1H3. The van der Waals surface area contributed by atoms with Gasteiger partial charge in [-0.15, -0.1) is 11.6 Å². The summed E-state index contributed by atoms with van der Waals surface area (Å²) in [5.41, 5.74) is 1.09. The van der Waals surface area contributed by atoms with Crippen LogP contribution in [-0.4, -0.2) is 16.9 Å². The molecule has 0 aliphatic carbocycles. The Balaban J connectivity index is 2.05. The van der Waals surface area contributed by atoms with Gasteiger partial charge in [-0.2, -0.15) is 0 Å². The van der Waals surface area contributed by atoms with Crippen molar-refractivity contribution in [2.75, 3.05) is 6.54 Å². The molecule has 1 atom stereocenters. The molecular weight excluding hydrogens is 196 g/mol. The van der Waals surface area contributed by atoms with Crippen molar-refractivity contribution in [1.29, 1.82) is 0 Å². The number of pyridine rings is 1. The smallest absolute Gasteiger partial charge is 0.0541 e. The Kier molecular flexibility index (Phi) is 5.57. The number of nitrogens with zero attached hydrogens (tertiary/aromatic N) is 1. The molecule has 3 heteroatoms. The van der Waals surface area contributed by atoms with Gasteiger partial charge in [0.25, 0.3) is 0 Å². The van der Waals surface area contributed by atoms with Gasteiger partial charge in [-0.25, -0.2) is 0 Å². The molecule has 78 valence electrons. The van der Waals surface area contributed by atoms with Gasteiger partial charge in [0.15, 0.2) is 0 Å². The molecule has 0 aromatic carbocycles. The second kappa shape index (κ2) is 6.80. The van der Waals surface area contributed by atoms with Crippen LogP contribution in [0.4, 0.5) is 0 Å². The number of hydrogen-bond donors (Lipinski definition) is 1. The molecule has 0 saturated heterocycles. The van der Waals surface area contributed by atoms with E-state index in [0.29, 0.717) is 0 Å². The lowest BCUT2D eigenvalue weighted by atomic mass is 10.2. The van der Waals surface area contributed by atoms with Gasteiger partial charge in [0.1, 0.15) is 0 Å². The molecule has 0 radical (unpaired) electrons. The molecule has 1 N–H and O–H groups in total. The van der Waals surface area contributed by atoms with E-state index in [4.69, 9.17) is 11.6 Å². The van der Waals surface area contributed by atoms with E-state index in [1.807, 2.05) is 31.3 Å². The Labute approximate surface area is 90.7 Å². The molecular formula is C11H17ClN2. The maximum atomic E-state index is 5.83. The molecule has 0 aliphatic rings. The van der Waals surface area contributed by atoms with Crippen LogP contribution in [0.5, 0.6) is 0 Å². The molecule has 0 spiro atoms. The molecule has 0 aliphatic heterocycles. The lowest BCUT2D eigenvalue weighted by molar-refractivity contribution is 0.613. The van der Waals surface area contributed by atoms with Crippen molar-refractivity contribution in [2.24, 2.45) is 0 Å². The average Bonchev–Trinajstić information content (AvgIpc) is 2.18. The van der Waals surface area contributed by atoms with Crippen molar-refractivity contribution in [3.8, 4) is 0 Å². The number of nitrogens with one attached hydrogen (secondary N) is 1. The van der Waals surface area contributed by atoms with Gasteiger partial charge in [0.05, 0.1) is 5.69 Å². The van der Waals surface area contributed by atoms with Crippen LogP contribution in [0.15, 0.2) is 24.4 Å². The third kappa shape index (κ3) is 5.20. The Bertz CT molecular complexity index is 236. The predicted molar refractivity (Wildman–Crippen MR) is 60.5 cm³/mol. The van der Waals surface area contributed by atoms with Crippen molar-refractivity contribution >= 4 is 11.6 Å². The van der Waals surface area contributed by atoms with Gasteiger partial charge in [0.2, 0.25) is 0 Å². The minimum absolute atomic E-state index is 0.284. The number of rotatable bonds is 6. The van der Waals surface area contributed by atoms with Crippen LogP contribution in [-0.2, 0) is 6.54 Å². The van der Waals surface area contributed by atoms with Gasteiger partial charge < -0.3 is 5.32 Å². The summed E-state index contributed by atoms with van der Waals surface area (Å²) < 4.78 is 0. The van der Waals surface area contributed by atoms with Crippen LogP contribution in [0, 0.1) is 0 Å². The normalized spacial score (nSPS) is 12.7. The zero-order valence-corrected chi connectivity index (χ0v) is 9.30. The maximum absolute atomic E-state index is 5.83. The SMILES string of the molecule is CC(Cl)CCCNCc1ccccn1. The monoisotopic (exact) mass is 212 g/mol. The molecule has 2 nitrogen and oxygen atoms in total. The van der Waals surface area contributed by atoms with Gasteiger partial charge >= 0.3 is 0 Å². The van der Waals surface area contributed by atoms with Crippen molar-refractivity contribution < 1.29 is 0 Å². The van der Waals surface area contributed by atoms with Crippen molar-refractivity contribution in [2.45, 2.75) is 31.7 Å². The van der Waals surface area contributed by atoms with Gasteiger partial charge in [-0.1, -0.05) is 6.07 Å². The molecule has 1 aromatic heterocycles. The Hall–Kier alpha value is -0.600. The van der Waals surface area contributed by atoms with Crippen LogP contribution >= 0.6 is 11.6 Å². The molecule has 0 fully saturated rings. The van der Waals surface area contributed by atoms with E-state index in [9.17, 15) is 0 Å². The first-order chi connectivity index (χ1) is 6.79. The lowest BCUT2D eigenvalue weighted by Crippen LogP contribution is -2.16. The molecule has 0 saturated carbocycles. The van der Waals surface area contributed by atoms with E-state index < -0.39 is 0 Å². The quantitative estimate of drug-likeness (QED) is 0.579. The second-order valence-corrected chi connectivity index (χ2v) is 4.17. The largest absolute Gasteiger partial charge is 0.311 e. The van der Waals surface area contributed by atoms with Crippen LogP contribution in [0.1, 0.15) is 25.5 Å². The van der Waals surface area contributed by atoms with E-state index in [1.54, 1.807) is 0 Å². The van der Waals surface area contributed by atoms with Crippen molar-refractivity contribution in [3.05, 3.63) is 30.1 Å². The Morgan fingerprint density at radius 3 is 3.00 bits per heavy atom. The topological polar surface area (TPSA) is 24.9 Å². The summed E-state index contributed by atoms with van der Waals surface area (Å²) in [4.78, 5) is 4.22. The summed E-state index contributed by atoms with van der Waals surface area (Å²) in [5, 5.41) is 3.62. The van der Waals surface area contributed by atoms with E-state index in [0.717, 1.165) is 31.6 Å². The Morgan fingerprint density at radius 2 is 2.36 bits per heavy atom. The number of alkyl halides is 1. The fraction of sp³-hybridized carbons (Fsp3) is 0.545. The summed E-state index contributed by atoms with van der Waals surface area (Å²) >= 11 is 5.83. The highest BCUT2D eigenvalue weighted by molar-refractivity contribution is 6.20. The zero-order valence-electron chi connectivity index (χ0n) is 8.54. The molecule has 1 aromatic rings. The molecule has 0 amide bonds. The first kappa shape index (κ1) is 11.5. The molecule has 14 heavy (non-hydrogen) atoms. The molecule has 1 heterocycles. The number of aromatic nitrogens is 1.